The fourth-order valence-corrected chi connectivity index (χ4v) is 7.58. The highest BCUT2D eigenvalue weighted by Gasteiger charge is 2.53. The number of phenols is 4. The van der Waals surface area contributed by atoms with Gasteiger partial charge in [0.15, 0.2) is 47.3 Å². The van der Waals surface area contributed by atoms with E-state index in [4.69, 9.17) is 42.3 Å². The molecule has 25 heteroatoms. The number of carbonyl (C=O) groups excluding carboxylic acids is 1. The molecule has 1 aromatic heterocycles. The summed E-state index contributed by atoms with van der Waals surface area (Å²) in [6.07, 6.45) is -26.2. The standard InChI is InChI=1S/C43H48O25/c1-60-22-8-15(2-5-19(22)48)3-7-27(51)66-39-34(57)30(53)25(13-45)64-42(39)68-40-35(58)31(54)26(14-46)65-43(40)67-38-32(55)28-21(50)10-17(61-41-36(59)33(56)29(52)24(12-44)63-41)11-23(28)62-37(38)16-4-6-18(47)20(49)9-16/h2-11,24-26,29-31,33-36,39-50,52-54,56-59H,12-14H2,1H3/b7-3+. The van der Waals surface area contributed by atoms with Gasteiger partial charge in [-0.3, -0.25) is 4.79 Å². The third-order valence-electron chi connectivity index (χ3n) is 11.3. The predicted molar refractivity (Wildman–Crippen MR) is 222 cm³/mol. The van der Waals surface area contributed by atoms with E-state index < -0.39 is 163 Å². The SMILES string of the molecule is COc1cc(/C=C/C(=O)OC2C(OC3C(Oc4c(-c5ccc(O)c(O)c5)oc5cc(OC6OC(CO)C(O)C(O)C6O)cc(O)c5c4=O)OC(CO)C(O)C3O)OC(CO)C(O)C2O)ccc1O. The van der Waals surface area contributed by atoms with Crippen molar-refractivity contribution < 1.29 is 119 Å². The average molecular weight is 965 g/mol. The summed E-state index contributed by atoms with van der Waals surface area (Å²) in [6, 6.07) is 9.03. The van der Waals surface area contributed by atoms with Crippen LogP contribution in [0.2, 0.25) is 0 Å². The molecule has 15 atom stereocenters. The number of hydrogen-bond donors (Lipinski definition) is 14. The van der Waals surface area contributed by atoms with Gasteiger partial charge in [-0.05, 0) is 42.0 Å². The van der Waals surface area contributed by atoms with Gasteiger partial charge in [0, 0.05) is 23.8 Å². The minimum absolute atomic E-state index is 0.0689. The van der Waals surface area contributed by atoms with Crippen molar-refractivity contribution in [3.8, 4) is 51.6 Å². The van der Waals surface area contributed by atoms with Gasteiger partial charge in [0.2, 0.25) is 23.8 Å². The molecule has 3 fully saturated rings. The lowest BCUT2D eigenvalue weighted by Crippen LogP contribution is -2.65. The van der Waals surface area contributed by atoms with Gasteiger partial charge in [-0.2, -0.15) is 0 Å². The number of benzene rings is 3. The zero-order valence-corrected chi connectivity index (χ0v) is 35.3. The van der Waals surface area contributed by atoms with Crippen LogP contribution >= 0.6 is 0 Å². The van der Waals surface area contributed by atoms with Crippen LogP contribution in [0.4, 0.5) is 0 Å². The van der Waals surface area contributed by atoms with Gasteiger partial charge in [-0.1, -0.05) is 6.07 Å². The maximum Gasteiger partial charge on any atom is 0.331 e. The van der Waals surface area contributed by atoms with E-state index >= 15 is 0 Å². The normalized spacial score (nSPS) is 32.0. The molecule has 25 nitrogen and oxygen atoms in total. The largest absolute Gasteiger partial charge is 0.507 e. The third-order valence-corrected chi connectivity index (χ3v) is 11.3. The van der Waals surface area contributed by atoms with Crippen LogP contribution in [0.15, 0.2) is 63.8 Å². The summed E-state index contributed by atoms with van der Waals surface area (Å²) >= 11 is 0. The van der Waals surface area contributed by atoms with E-state index in [0.717, 1.165) is 36.4 Å². The van der Waals surface area contributed by atoms with E-state index in [2.05, 4.69) is 0 Å². The summed E-state index contributed by atoms with van der Waals surface area (Å²) in [5.74, 6) is -5.36. The molecule has 3 saturated heterocycles. The minimum atomic E-state index is -2.16. The van der Waals surface area contributed by atoms with E-state index in [-0.39, 0.29) is 22.8 Å². The molecule has 15 unspecified atom stereocenters. The predicted octanol–water partition coefficient (Wildman–Crippen LogP) is -3.26. The van der Waals surface area contributed by atoms with Gasteiger partial charge in [-0.25, -0.2) is 4.79 Å². The van der Waals surface area contributed by atoms with Crippen molar-refractivity contribution in [2.75, 3.05) is 26.9 Å². The molecule has 0 amide bonds. The second-order valence-electron chi connectivity index (χ2n) is 15.7. The van der Waals surface area contributed by atoms with E-state index in [1.807, 2.05) is 0 Å². The van der Waals surface area contributed by atoms with Crippen LogP contribution in [0.5, 0.6) is 40.2 Å². The first-order valence-corrected chi connectivity index (χ1v) is 20.6. The number of aromatic hydroxyl groups is 4. The Morgan fingerprint density at radius 2 is 1.24 bits per heavy atom. The Bertz CT molecular complexity index is 2510. The van der Waals surface area contributed by atoms with Gasteiger partial charge < -0.3 is 114 Å². The highest BCUT2D eigenvalue weighted by atomic mass is 16.8. The van der Waals surface area contributed by atoms with E-state index in [9.17, 15) is 81.1 Å². The topological polar surface area (TPSA) is 404 Å². The van der Waals surface area contributed by atoms with Crippen LogP contribution in [0.1, 0.15) is 5.56 Å². The molecule has 3 aliphatic rings. The zero-order valence-electron chi connectivity index (χ0n) is 35.3. The molecule has 3 aliphatic heterocycles. The number of rotatable bonds is 14. The second kappa shape index (κ2) is 20.8. The minimum Gasteiger partial charge on any atom is -0.507 e. The number of hydrogen-bond acceptors (Lipinski definition) is 25. The van der Waals surface area contributed by atoms with Crippen LogP contribution in [0.3, 0.4) is 0 Å². The van der Waals surface area contributed by atoms with Crippen molar-refractivity contribution in [3.63, 3.8) is 0 Å². The molecule has 4 heterocycles. The Kier molecular flexibility index (Phi) is 15.3. The van der Waals surface area contributed by atoms with Gasteiger partial charge in [0.1, 0.15) is 83.5 Å². The van der Waals surface area contributed by atoms with Gasteiger partial charge in [0.05, 0.1) is 26.9 Å². The van der Waals surface area contributed by atoms with Crippen molar-refractivity contribution in [2.45, 2.75) is 92.1 Å². The lowest BCUT2D eigenvalue weighted by molar-refractivity contribution is -0.358. The van der Waals surface area contributed by atoms with Crippen molar-refractivity contribution in [1.82, 2.24) is 0 Å². The number of phenolic OH excluding ortho intramolecular Hbond substituents is 4. The first kappa shape index (κ1) is 50.0. The first-order valence-electron chi connectivity index (χ1n) is 20.6. The van der Waals surface area contributed by atoms with Crippen LogP contribution in [0, 0.1) is 0 Å². The quantitative estimate of drug-likeness (QED) is 0.0335. The van der Waals surface area contributed by atoms with Gasteiger partial charge >= 0.3 is 5.97 Å². The smallest absolute Gasteiger partial charge is 0.331 e. The Labute approximate surface area is 382 Å². The van der Waals surface area contributed by atoms with E-state index in [0.29, 0.717) is 5.56 Å². The van der Waals surface area contributed by atoms with Crippen LogP contribution in [-0.4, -0.2) is 197 Å². The van der Waals surface area contributed by atoms with Gasteiger partial charge in [0.25, 0.3) is 0 Å². The molecule has 0 saturated carbocycles. The zero-order chi connectivity index (χ0) is 49.3. The molecule has 14 N–H and O–H groups in total. The van der Waals surface area contributed by atoms with Crippen molar-refractivity contribution in [1.29, 1.82) is 0 Å². The monoisotopic (exact) mass is 964 g/mol. The van der Waals surface area contributed by atoms with Crippen LogP contribution in [0.25, 0.3) is 28.4 Å². The Morgan fingerprint density at radius 3 is 1.87 bits per heavy atom. The number of esters is 1. The number of aliphatic hydroxyl groups is 10. The summed E-state index contributed by atoms with van der Waals surface area (Å²) in [4.78, 5) is 27.7. The Balaban J connectivity index is 1.26. The lowest BCUT2D eigenvalue weighted by atomic mass is 9.97. The van der Waals surface area contributed by atoms with E-state index in [1.165, 1.54) is 31.4 Å². The summed E-state index contributed by atoms with van der Waals surface area (Å²) in [5.41, 5.74) is -1.56. The summed E-state index contributed by atoms with van der Waals surface area (Å²) in [5, 5.41) is 146. The summed E-state index contributed by atoms with van der Waals surface area (Å²) in [7, 11) is 1.30. The molecule has 370 valence electrons. The summed E-state index contributed by atoms with van der Waals surface area (Å²) < 4.78 is 51.0. The van der Waals surface area contributed by atoms with Crippen molar-refractivity contribution in [2.24, 2.45) is 0 Å². The molecule has 3 aromatic carbocycles. The molecule has 4 aromatic rings. The fourth-order valence-electron chi connectivity index (χ4n) is 7.58. The second-order valence-corrected chi connectivity index (χ2v) is 15.7. The molecule has 68 heavy (non-hydrogen) atoms. The van der Waals surface area contributed by atoms with Gasteiger partial charge in [-0.15, -0.1) is 0 Å². The average Bonchev–Trinajstić information content (AvgIpc) is 3.32. The van der Waals surface area contributed by atoms with Crippen LogP contribution < -0.4 is 19.6 Å². The molecule has 0 spiro atoms. The highest BCUT2D eigenvalue weighted by Crippen LogP contribution is 2.41. The molecule has 7 rings (SSSR count). The molecule has 0 bridgehead atoms. The summed E-state index contributed by atoms with van der Waals surface area (Å²) in [6.45, 7) is -2.72. The number of ether oxygens (including phenoxy) is 8. The Morgan fingerprint density at radius 1 is 0.632 bits per heavy atom. The van der Waals surface area contributed by atoms with E-state index in [1.54, 1.807) is 0 Å². The van der Waals surface area contributed by atoms with Crippen LogP contribution in [-0.2, 0) is 28.5 Å². The number of aliphatic hydroxyl groups excluding tert-OH is 10. The number of fused-ring (bicyclic) bond motifs is 1. The fraction of sp³-hybridized carbons (Fsp3) is 0.442. The van der Waals surface area contributed by atoms with Crippen molar-refractivity contribution in [3.05, 3.63) is 70.4 Å². The highest BCUT2D eigenvalue weighted by molar-refractivity contribution is 5.89. The number of carbonyl (C=O) groups is 1. The lowest BCUT2D eigenvalue weighted by Gasteiger charge is -2.46. The number of methoxy groups -OCH3 is 1. The molecule has 0 radical (unpaired) electrons. The molecule has 0 aliphatic carbocycles. The first-order chi connectivity index (χ1) is 32.4. The third kappa shape index (κ3) is 9.98. The molecular formula is C43H48O25. The Hall–Kier alpha value is -5.88. The maximum absolute atomic E-state index is 14.5. The molecular weight excluding hydrogens is 916 g/mol. The van der Waals surface area contributed by atoms with Crippen molar-refractivity contribution >= 4 is 23.0 Å². The maximum atomic E-state index is 14.5.